The third kappa shape index (κ3) is 4.57. The van der Waals surface area contributed by atoms with Crippen LogP contribution in [0.15, 0.2) is 20.9 Å². The second-order valence-corrected chi connectivity index (χ2v) is 10.9. The van der Waals surface area contributed by atoms with Gasteiger partial charge in [-0.15, -0.1) is 35.3 Å². The number of nitrogens with zero attached hydrogens (tertiary/aromatic N) is 2. The summed E-state index contributed by atoms with van der Waals surface area (Å²) in [6, 6.07) is 4.07. The third-order valence-electron chi connectivity index (χ3n) is 3.60. The topological polar surface area (TPSA) is 61.8 Å². The molecule has 0 radical (unpaired) electrons. The lowest BCUT2D eigenvalue weighted by Gasteiger charge is -2.39. The predicted molar refractivity (Wildman–Crippen MR) is 107 cm³/mol. The maximum Gasteiger partial charge on any atom is 0.194 e. The highest BCUT2D eigenvalue weighted by molar-refractivity contribution is 14.0. The molecule has 1 fully saturated rings. The summed E-state index contributed by atoms with van der Waals surface area (Å²) in [4.78, 5) is 7.49. The molecular weight excluding hydrogens is 501 g/mol. The molecule has 0 bridgehead atoms. The highest BCUT2D eigenvalue weighted by Crippen LogP contribution is 2.24. The van der Waals surface area contributed by atoms with Crippen LogP contribution < -0.4 is 5.32 Å². The van der Waals surface area contributed by atoms with Crippen LogP contribution in [0.5, 0.6) is 0 Å². The molecule has 1 N–H and O–H groups in total. The smallest absolute Gasteiger partial charge is 0.194 e. The molecule has 2 heterocycles. The van der Waals surface area contributed by atoms with Crippen molar-refractivity contribution in [2.75, 3.05) is 25.9 Å². The first-order valence-corrected chi connectivity index (χ1v) is 9.93. The summed E-state index contributed by atoms with van der Waals surface area (Å²) in [6.45, 7) is 5.19. The fraction of sp³-hybridized carbons (Fsp3) is 0.615. The highest BCUT2D eigenvalue weighted by atomic mass is 127. The van der Waals surface area contributed by atoms with Crippen LogP contribution in [0.4, 0.5) is 0 Å². The molecule has 0 aromatic carbocycles. The maximum absolute atomic E-state index is 12.1. The lowest BCUT2D eigenvalue weighted by Crippen LogP contribution is -2.57. The minimum atomic E-state index is -3.03. The Hall–Kier alpha value is 0.130. The minimum absolute atomic E-state index is 0. The number of sulfone groups is 1. The average Bonchev–Trinajstić information content (AvgIpc) is 2.80. The Bertz CT molecular complexity index is 643. The van der Waals surface area contributed by atoms with E-state index in [2.05, 4.69) is 32.3 Å². The lowest BCUT2D eigenvalue weighted by molar-refractivity contribution is 0.353. The molecular formula is C13H21BrIN3O2S2. The summed E-state index contributed by atoms with van der Waals surface area (Å²) in [5.74, 6) is 0.924. The van der Waals surface area contributed by atoms with Gasteiger partial charge in [-0.1, -0.05) is 0 Å². The molecule has 2 rings (SSSR count). The van der Waals surface area contributed by atoms with Gasteiger partial charge >= 0.3 is 0 Å². The Labute approximate surface area is 161 Å². The quantitative estimate of drug-likeness (QED) is 0.369. The molecule has 22 heavy (non-hydrogen) atoms. The average molecular weight is 522 g/mol. The molecule has 0 atom stereocenters. The molecule has 126 valence electrons. The first-order chi connectivity index (χ1) is 9.75. The Balaban J connectivity index is 0.00000242. The summed E-state index contributed by atoms with van der Waals surface area (Å²) in [5.41, 5.74) is 0. The van der Waals surface area contributed by atoms with Crippen molar-refractivity contribution in [3.05, 3.63) is 20.8 Å². The number of hydrogen-bond acceptors (Lipinski definition) is 4. The van der Waals surface area contributed by atoms with Crippen molar-refractivity contribution < 1.29 is 8.42 Å². The van der Waals surface area contributed by atoms with Crippen LogP contribution >= 0.6 is 51.2 Å². The van der Waals surface area contributed by atoms with Crippen LogP contribution in [0, 0.1) is 0 Å². The van der Waals surface area contributed by atoms with Crippen LogP contribution in [-0.2, 0) is 16.4 Å². The summed E-state index contributed by atoms with van der Waals surface area (Å²) >= 11 is 5.11. The molecule has 1 aromatic heterocycles. The van der Waals surface area contributed by atoms with E-state index in [1.54, 1.807) is 32.2 Å². The standard InChI is InChI=1S/C13H20BrN3O2S2.HI/c1-13(2)9-17(6-7-21(13,18)19)12(15-3)16-8-10-4-5-11(14)20-10;/h4-5H,6-9H2,1-3H3,(H,15,16);1H. The van der Waals surface area contributed by atoms with Crippen molar-refractivity contribution in [1.82, 2.24) is 10.2 Å². The summed E-state index contributed by atoms with van der Waals surface area (Å²) < 4.78 is 24.5. The normalized spacial score (nSPS) is 20.4. The molecule has 0 aliphatic carbocycles. The fourth-order valence-corrected chi connectivity index (χ4v) is 5.06. The Morgan fingerprint density at radius 2 is 2.18 bits per heavy atom. The molecule has 0 unspecified atom stereocenters. The van der Waals surface area contributed by atoms with E-state index in [0.717, 1.165) is 9.75 Å². The van der Waals surface area contributed by atoms with E-state index in [1.165, 1.54) is 4.88 Å². The van der Waals surface area contributed by atoms with E-state index >= 15 is 0 Å². The molecule has 0 amide bonds. The van der Waals surface area contributed by atoms with Gasteiger partial charge in [0.2, 0.25) is 0 Å². The molecule has 0 spiro atoms. The molecule has 5 nitrogen and oxygen atoms in total. The highest BCUT2D eigenvalue weighted by Gasteiger charge is 2.40. The second kappa shape index (κ2) is 7.80. The van der Waals surface area contributed by atoms with Gasteiger partial charge in [0.05, 0.1) is 20.8 Å². The van der Waals surface area contributed by atoms with E-state index in [-0.39, 0.29) is 29.7 Å². The number of halogens is 2. The molecule has 0 saturated carbocycles. The fourth-order valence-electron chi connectivity index (χ4n) is 2.27. The molecule has 1 aliphatic heterocycles. The molecule has 1 aliphatic rings. The Morgan fingerprint density at radius 3 is 2.68 bits per heavy atom. The number of rotatable bonds is 2. The van der Waals surface area contributed by atoms with Gasteiger partial charge in [-0.3, -0.25) is 4.99 Å². The van der Waals surface area contributed by atoms with Crippen molar-refractivity contribution >= 4 is 67.0 Å². The molecule has 1 saturated heterocycles. The molecule has 9 heteroatoms. The van der Waals surface area contributed by atoms with Crippen LogP contribution in [0.3, 0.4) is 0 Å². The Morgan fingerprint density at radius 1 is 1.50 bits per heavy atom. The van der Waals surface area contributed by atoms with Gasteiger partial charge in [-0.25, -0.2) is 8.42 Å². The van der Waals surface area contributed by atoms with E-state index < -0.39 is 14.6 Å². The summed E-state index contributed by atoms with van der Waals surface area (Å²) in [5, 5.41) is 3.30. The van der Waals surface area contributed by atoms with Crippen molar-refractivity contribution in [3.8, 4) is 0 Å². The zero-order valence-corrected chi connectivity index (χ0v) is 18.3. The third-order valence-corrected chi connectivity index (χ3v) is 7.76. The number of guanidine groups is 1. The number of hydrogen-bond donors (Lipinski definition) is 1. The first kappa shape index (κ1) is 20.2. The van der Waals surface area contributed by atoms with Gasteiger partial charge < -0.3 is 10.2 Å². The van der Waals surface area contributed by atoms with Crippen LogP contribution in [-0.4, -0.2) is 49.9 Å². The van der Waals surface area contributed by atoms with Gasteiger partial charge in [0.1, 0.15) is 0 Å². The lowest BCUT2D eigenvalue weighted by atomic mass is 10.2. The van der Waals surface area contributed by atoms with Crippen molar-refractivity contribution in [2.24, 2.45) is 4.99 Å². The van der Waals surface area contributed by atoms with E-state index in [0.29, 0.717) is 19.6 Å². The van der Waals surface area contributed by atoms with Gasteiger partial charge in [-0.2, -0.15) is 0 Å². The van der Waals surface area contributed by atoms with Crippen LogP contribution in [0.25, 0.3) is 0 Å². The van der Waals surface area contributed by atoms with Gasteiger partial charge in [0.25, 0.3) is 0 Å². The van der Waals surface area contributed by atoms with Gasteiger partial charge in [0, 0.05) is 25.0 Å². The maximum atomic E-state index is 12.1. The van der Waals surface area contributed by atoms with Gasteiger partial charge in [-0.05, 0) is 41.9 Å². The summed E-state index contributed by atoms with van der Waals surface area (Å²) in [6.07, 6.45) is 0. The second-order valence-electron chi connectivity index (χ2n) is 5.61. The molecule has 1 aromatic rings. The van der Waals surface area contributed by atoms with E-state index in [4.69, 9.17) is 0 Å². The van der Waals surface area contributed by atoms with Gasteiger partial charge in [0.15, 0.2) is 15.8 Å². The van der Waals surface area contributed by atoms with Crippen molar-refractivity contribution in [1.29, 1.82) is 0 Å². The van der Waals surface area contributed by atoms with Crippen molar-refractivity contribution in [3.63, 3.8) is 0 Å². The van der Waals surface area contributed by atoms with Crippen LogP contribution in [0.2, 0.25) is 0 Å². The van der Waals surface area contributed by atoms with Crippen LogP contribution in [0.1, 0.15) is 18.7 Å². The number of thiophene rings is 1. The zero-order valence-electron chi connectivity index (χ0n) is 12.8. The monoisotopic (exact) mass is 521 g/mol. The first-order valence-electron chi connectivity index (χ1n) is 6.67. The summed E-state index contributed by atoms with van der Waals surface area (Å²) in [7, 11) is -1.30. The largest absolute Gasteiger partial charge is 0.351 e. The predicted octanol–water partition coefficient (Wildman–Crippen LogP) is 2.71. The minimum Gasteiger partial charge on any atom is -0.351 e. The number of nitrogens with one attached hydrogen (secondary N) is 1. The van der Waals surface area contributed by atoms with E-state index in [1.807, 2.05) is 11.0 Å². The zero-order chi connectivity index (χ0) is 15.7. The van der Waals surface area contributed by atoms with Crippen molar-refractivity contribution in [2.45, 2.75) is 25.1 Å². The SMILES string of the molecule is CN=C(NCc1ccc(Br)s1)N1CCS(=O)(=O)C(C)(C)C1.I. The Kier molecular flexibility index (Phi) is 7.15. The van der Waals surface area contributed by atoms with E-state index in [9.17, 15) is 8.42 Å². The number of aliphatic imine (C=N–C) groups is 1.